The van der Waals surface area contributed by atoms with Gasteiger partial charge >= 0.3 is 0 Å². The zero-order chi connectivity index (χ0) is 13.8. The molecule has 0 radical (unpaired) electrons. The Bertz CT molecular complexity index is 597. The molecule has 0 bridgehead atoms. The van der Waals surface area contributed by atoms with Gasteiger partial charge < -0.3 is 10.1 Å². The molecule has 2 rings (SSSR count). The molecule has 0 aliphatic rings. The van der Waals surface area contributed by atoms with Crippen molar-refractivity contribution in [3.05, 3.63) is 35.2 Å². The number of rotatable bonds is 4. The Kier molecular flexibility index (Phi) is 4.44. The van der Waals surface area contributed by atoms with Gasteiger partial charge in [0.25, 0.3) is 0 Å². The van der Waals surface area contributed by atoms with Crippen LogP contribution in [0.15, 0.2) is 29.4 Å². The van der Waals surface area contributed by atoms with Gasteiger partial charge in [-0.25, -0.2) is 14.4 Å². The molecule has 0 unspecified atom stereocenters. The first kappa shape index (κ1) is 13.9. The lowest BCUT2D eigenvalue weighted by molar-refractivity contribution is 0.413. The Balaban J connectivity index is 2.33. The van der Waals surface area contributed by atoms with E-state index in [0.717, 1.165) is 0 Å². The van der Waals surface area contributed by atoms with Crippen LogP contribution >= 0.6 is 23.4 Å². The van der Waals surface area contributed by atoms with E-state index in [1.165, 1.54) is 31.0 Å². The number of aromatic nitrogens is 2. The van der Waals surface area contributed by atoms with Crippen LogP contribution in [0.5, 0.6) is 5.75 Å². The fourth-order valence-corrected chi connectivity index (χ4v) is 2.07. The molecule has 2 aromatic rings. The van der Waals surface area contributed by atoms with Crippen molar-refractivity contribution in [3.8, 4) is 5.75 Å². The Morgan fingerprint density at radius 1 is 1.32 bits per heavy atom. The smallest absolute Gasteiger partial charge is 0.190 e. The van der Waals surface area contributed by atoms with E-state index in [4.69, 9.17) is 16.3 Å². The monoisotopic (exact) mass is 299 g/mol. The van der Waals surface area contributed by atoms with Crippen molar-refractivity contribution < 1.29 is 9.13 Å². The molecular formula is C12H11ClFN3OS. The van der Waals surface area contributed by atoms with Gasteiger partial charge in [0, 0.05) is 12.1 Å². The number of hydrogen-bond donors (Lipinski definition) is 1. The third-order valence-electron chi connectivity index (χ3n) is 2.28. The molecule has 0 atom stereocenters. The summed E-state index contributed by atoms with van der Waals surface area (Å²) in [6.45, 7) is 0. The van der Waals surface area contributed by atoms with Crippen LogP contribution in [0.25, 0.3) is 0 Å². The normalized spacial score (nSPS) is 10.3. The molecule has 1 N–H and O–H groups in total. The van der Waals surface area contributed by atoms with E-state index < -0.39 is 0 Å². The van der Waals surface area contributed by atoms with Gasteiger partial charge in [0.2, 0.25) is 0 Å². The summed E-state index contributed by atoms with van der Waals surface area (Å²) in [6.07, 6.45) is 1.86. The number of methoxy groups -OCH3 is 1. The van der Waals surface area contributed by atoms with Crippen LogP contribution < -0.4 is 10.1 Å². The SMILES string of the molecule is COc1cc(F)ccc1Nc1cc(Cl)nc(SC)n1. The summed E-state index contributed by atoms with van der Waals surface area (Å²) in [5.41, 5.74) is 0.603. The predicted octanol–water partition coefficient (Wildman–Crippen LogP) is 3.74. The van der Waals surface area contributed by atoms with Gasteiger partial charge in [0.15, 0.2) is 5.16 Å². The summed E-state index contributed by atoms with van der Waals surface area (Å²) >= 11 is 7.28. The number of anilines is 2. The van der Waals surface area contributed by atoms with E-state index in [-0.39, 0.29) is 5.82 Å². The number of hydrogen-bond acceptors (Lipinski definition) is 5. The van der Waals surface area contributed by atoms with Gasteiger partial charge in [-0.05, 0) is 18.4 Å². The minimum atomic E-state index is -0.368. The first-order chi connectivity index (χ1) is 9.12. The highest BCUT2D eigenvalue weighted by molar-refractivity contribution is 7.98. The number of nitrogens with zero attached hydrogens (tertiary/aromatic N) is 2. The van der Waals surface area contributed by atoms with Gasteiger partial charge in [-0.1, -0.05) is 23.4 Å². The molecule has 0 aliphatic heterocycles. The maximum Gasteiger partial charge on any atom is 0.190 e. The summed E-state index contributed by atoms with van der Waals surface area (Å²) in [6, 6.07) is 5.79. The van der Waals surface area contributed by atoms with Crippen molar-refractivity contribution in [2.45, 2.75) is 5.16 Å². The molecule has 1 aromatic heterocycles. The van der Waals surface area contributed by atoms with E-state index in [9.17, 15) is 4.39 Å². The van der Waals surface area contributed by atoms with E-state index in [0.29, 0.717) is 27.6 Å². The highest BCUT2D eigenvalue weighted by Crippen LogP contribution is 2.28. The van der Waals surface area contributed by atoms with E-state index in [1.54, 1.807) is 12.1 Å². The van der Waals surface area contributed by atoms with E-state index >= 15 is 0 Å². The number of nitrogens with one attached hydrogen (secondary N) is 1. The van der Waals surface area contributed by atoms with Crippen LogP contribution in [0, 0.1) is 5.82 Å². The van der Waals surface area contributed by atoms with Crippen LogP contribution in [0.4, 0.5) is 15.9 Å². The second-order valence-electron chi connectivity index (χ2n) is 3.53. The molecule has 7 heteroatoms. The average Bonchev–Trinajstić information content (AvgIpc) is 2.40. The molecular weight excluding hydrogens is 289 g/mol. The fourth-order valence-electron chi connectivity index (χ4n) is 1.46. The lowest BCUT2D eigenvalue weighted by Crippen LogP contribution is -1.99. The molecule has 4 nitrogen and oxygen atoms in total. The second kappa shape index (κ2) is 6.08. The van der Waals surface area contributed by atoms with Crippen molar-refractivity contribution in [3.63, 3.8) is 0 Å². The van der Waals surface area contributed by atoms with Gasteiger partial charge in [-0.15, -0.1) is 0 Å². The molecule has 0 amide bonds. The number of thioether (sulfide) groups is 1. The molecule has 100 valence electrons. The van der Waals surface area contributed by atoms with Crippen molar-refractivity contribution in [1.29, 1.82) is 0 Å². The molecule has 0 fully saturated rings. The van der Waals surface area contributed by atoms with Crippen LogP contribution in [0.3, 0.4) is 0 Å². The van der Waals surface area contributed by atoms with Crippen molar-refractivity contribution >= 4 is 34.9 Å². The molecule has 1 aromatic carbocycles. The van der Waals surface area contributed by atoms with Crippen LogP contribution in [0.1, 0.15) is 0 Å². The van der Waals surface area contributed by atoms with Gasteiger partial charge in [0.1, 0.15) is 22.5 Å². The summed E-state index contributed by atoms with van der Waals surface area (Å²) in [5, 5.41) is 3.91. The minimum Gasteiger partial charge on any atom is -0.494 e. The van der Waals surface area contributed by atoms with Gasteiger partial charge in [-0.2, -0.15) is 0 Å². The maximum atomic E-state index is 13.1. The summed E-state index contributed by atoms with van der Waals surface area (Å²) in [7, 11) is 1.47. The van der Waals surface area contributed by atoms with Crippen molar-refractivity contribution in [2.24, 2.45) is 0 Å². The molecule has 1 heterocycles. The number of halogens is 2. The predicted molar refractivity (Wildman–Crippen MR) is 75.1 cm³/mol. The Labute approximate surface area is 119 Å². The molecule has 0 spiro atoms. The standard InChI is InChI=1S/C12H11ClFN3OS/c1-18-9-5-7(14)3-4-8(9)15-11-6-10(13)16-12(17-11)19-2/h3-6H,1-2H3,(H,15,16,17). The summed E-state index contributed by atoms with van der Waals surface area (Å²) in [4.78, 5) is 8.29. The van der Waals surface area contributed by atoms with Crippen LogP contribution in [0.2, 0.25) is 5.15 Å². The lowest BCUT2D eigenvalue weighted by Gasteiger charge is -2.11. The number of benzene rings is 1. The first-order valence-electron chi connectivity index (χ1n) is 5.31. The fraction of sp³-hybridized carbons (Fsp3) is 0.167. The third kappa shape index (κ3) is 3.48. The van der Waals surface area contributed by atoms with Crippen LogP contribution in [-0.2, 0) is 0 Å². The summed E-state index contributed by atoms with van der Waals surface area (Å²) < 4.78 is 18.2. The molecule has 0 saturated heterocycles. The average molecular weight is 300 g/mol. The van der Waals surface area contributed by atoms with Gasteiger partial charge in [-0.3, -0.25) is 0 Å². The van der Waals surface area contributed by atoms with E-state index in [1.807, 2.05) is 6.26 Å². The van der Waals surface area contributed by atoms with Crippen molar-refractivity contribution in [2.75, 3.05) is 18.7 Å². The lowest BCUT2D eigenvalue weighted by atomic mass is 10.3. The largest absolute Gasteiger partial charge is 0.494 e. The zero-order valence-electron chi connectivity index (χ0n) is 10.3. The van der Waals surface area contributed by atoms with Crippen molar-refractivity contribution in [1.82, 2.24) is 9.97 Å². The third-order valence-corrected chi connectivity index (χ3v) is 3.02. The number of ether oxygens (including phenoxy) is 1. The summed E-state index contributed by atoms with van der Waals surface area (Å²) in [5.74, 6) is 0.544. The Morgan fingerprint density at radius 2 is 2.11 bits per heavy atom. The first-order valence-corrected chi connectivity index (χ1v) is 6.92. The zero-order valence-corrected chi connectivity index (χ0v) is 11.8. The molecule has 19 heavy (non-hydrogen) atoms. The quantitative estimate of drug-likeness (QED) is 0.529. The minimum absolute atomic E-state index is 0.336. The Morgan fingerprint density at radius 3 is 2.79 bits per heavy atom. The van der Waals surface area contributed by atoms with Gasteiger partial charge in [0.05, 0.1) is 12.8 Å². The second-order valence-corrected chi connectivity index (χ2v) is 4.69. The highest BCUT2D eigenvalue weighted by Gasteiger charge is 2.07. The Hall–Kier alpha value is -1.53. The van der Waals surface area contributed by atoms with Crippen LogP contribution in [-0.4, -0.2) is 23.3 Å². The van der Waals surface area contributed by atoms with E-state index in [2.05, 4.69) is 15.3 Å². The topological polar surface area (TPSA) is 47.0 Å². The molecule has 0 aliphatic carbocycles. The maximum absolute atomic E-state index is 13.1. The molecule has 0 saturated carbocycles. The highest BCUT2D eigenvalue weighted by atomic mass is 35.5.